The van der Waals surface area contributed by atoms with Crippen LogP contribution >= 0.6 is 15.6 Å². The molecule has 33 heavy (non-hydrogen) atoms. The molecule has 1 aliphatic heterocycles. The van der Waals surface area contributed by atoms with Gasteiger partial charge in [0.1, 0.15) is 30.2 Å². The molecule has 166 valence electrons. The maximum Gasteiger partial charge on any atom is 1.00 e. The van der Waals surface area contributed by atoms with E-state index in [-0.39, 0.29) is 112 Å². The second-order valence-electron chi connectivity index (χ2n) is 6.00. The molecular formula is C13H16N5Na3O10P2. The third-order valence-corrected chi connectivity index (χ3v) is 6.04. The molecule has 3 heterocycles. The number of rotatable bonds is 9. The van der Waals surface area contributed by atoms with E-state index >= 15 is 0 Å². The number of aliphatic hydroxyl groups excluding tert-OH is 1. The molecule has 2 aromatic heterocycles. The molecule has 1 unspecified atom stereocenters. The molecular weight excluding hydrogens is 517 g/mol. The van der Waals surface area contributed by atoms with Crippen molar-refractivity contribution in [3.8, 4) is 0 Å². The fourth-order valence-electron chi connectivity index (χ4n) is 2.81. The Bertz CT molecular complexity index is 1030. The molecule has 3 rings (SSSR count). The Balaban J connectivity index is 0.00000341. The maximum atomic E-state index is 11.5. The number of aromatic nitrogens is 4. The number of nitrogen functional groups attached to an aromatic ring is 1. The number of phosphoric ester groups is 1. The number of anilines is 1. The van der Waals surface area contributed by atoms with Crippen molar-refractivity contribution < 1.29 is 136 Å². The monoisotopic (exact) mass is 533 g/mol. The van der Waals surface area contributed by atoms with Gasteiger partial charge in [-0.05, 0) is 0 Å². The molecule has 1 saturated heterocycles. The van der Waals surface area contributed by atoms with Crippen LogP contribution < -0.4 is 109 Å². The van der Waals surface area contributed by atoms with Crippen LogP contribution in [0.15, 0.2) is 25.3 Å². The minimum atomic E-state index is -5.85. The van der Waals surface area contributed by atoms with Crippen molar-refractivity contribution >= 4 is 32.6 Å². The van der Waals surface area contributed by atoms with E-state index in [0.29, 0.717) is 0 Å². The van der Waals surface area contributed by atoms with Crippen molar-refractivity contribution in [2.24, 2.45) is 0 Å². The van der Waals surface area contributed by atoms with E-state index in [0.717, 1.165) is 0 Å². The van der Waals surface area contributed by atoms with E-state index in [2.05, 4.69) is 30.4 Å². The number of imidazole rings is 1. The summed E-state index contributed by atoms with van der Waals surface area (Å²) in [6, 6.07) is 0. The number of nitrogens with zero attached hydrogens (tertiary/aromatic N) is 4. The van der Waals surface area contributed by atoms with Crippen LogP contribution in [-0.4, -0.2) is 56.2 Å². The summed E-state index contributed by atoms with van der Waals surface area (Å²) in [5.41, 5.74) is 6.26. The molecule has 0 saturated carbocycles. The molecule has 0 amide bonds. The van der Waals surface area contributed by atoms with E-state index < -0.39 is 46.8 Å². The van der Waals surface area contributed by atoms with Crippen molar-refractivity contribution in [2.45, 2.75) is 24.5 Å². The Morgan fingerprint density at radius 1 is 1.24 bits per heavy atom. The van der Waals surface area contributed by atoms with Gasteiger partial charge in [0.25, 0.3) is 7.82 Å². The van der Waals surface area contributed by atoms with Crippen molar-refractivity contribution in [1.29, 1.82) is 0 Å². The van der Waals surface area contributed by atoms with Gasteiger partial charge in [0, 0.05) is 0 Å². The standard InChI is InChI=1S/C13H19N5O10P2.3Na/c1-2-3-25-10-9(19)7(4-26-30(23,24)28-29(20,21)22)27-13(10)18-6-17-8-11(14)15-5-16-12(8)18;;;/h2,5-7,9-10,13,19H,1,3-4H2,(H,23,24)(H2,14,15,16)(H2,20,21,22);;;/q;3*+1/p-3/t7-,9-,10+,13-;;;/m1.../s1. The van der Waals surface area contributed by atoms with Crippen molar-refractivity contribution in [3.05, 3.63) is 25.3 Å². The minimum absolute atomic E-state index is 0. The quantitative estimate of drug-likeness (QED) is 0.173. The second-order valence-corrected chi connectivity index (χ2v) is 8.70. The zero-order valence-electron chi connectivity index (χ0n) is 18.0. The van der Waals surface area contributed by atoms with Gasteiger partial charge in [-0.15, -0.1) is 6.58 Å². The molecule has 3 N–H and O–H groups in total. The van der Waals surface area contributed by atoms with Crippen LogP contribution in [0, 0.1) is 0 Å². The molecule has 0 aliphatic carbocycles. The number of fused-ring (bicyclic) bond motifs is 1. The first-order valence-corrected chi connectivity index (χ1v) is 11.1. The van der Waals surface area contributed by atoms with Gasteiger partial charge in [-0.3, -0.25) is 13.4 Å². The SMILES string of the molecule is C=CCO[C@H]1[C@H](O)[C@@H](COP(=O)([O-])OP(=O)([O-])[O-])O[C@H]1n1cnc2c(N)ncnc21.[Na+].[Na+].[Na+]. The summed E-state index contributed by atoms with van der Waals surface area (Å²) >= 11 is 0. The van der Waals surface area contributed by atoms with Gasteiger partial charge in [-0.1, -0.05) is 6.08 Å². The van der Waals surface area contributed by atoms with Gasteiger partial charge in [-0.2, -0.15) is 0 Å². The number of hydrogen-bond acceptors (Lipinski definition) is 14. The van der Waals surface area contributed by atoms with Gasteiger partial charge in [0.15, 0.2) is 17.7 Å². The summed E-state index contributed by atoms with van der Waals surface area (Å²) in [7, 11) is -11.4. The van der Waals surface area contributed by atoms with Crippen LogP contribution in [0.25, 0.3) is 11.2 Å². The molecule has 0 aromatic carbocycles. The molecule has 5 atom stereocenters. The van der Waals surface area contributed by atoms with Crippen molar-refractivity contribution in [3.63, 3.8) is 0 Å². The normalized spacial score (nSPS) is 24.2. The Kier molecular flexibility index (Phi) is 14.8. The summed E-state index contributed by atoms with van der Waals surface area (Å²) in [6.45, 7) is 2.66. The molecule has 0 radical (unpaired) electrons. The maximum absolute atomic E-state index is 11.5. The zero-order valence-corrected chi connectivity index (χ0v) is 25.8. The van der Waals surface area contributed by atoms with E-state index in [1.54, 1.807) is 0 Å². The molecule has 2 aromatic rings. The first kappa shape index (κ1) is 34.2. The van der Waals surface area contributed by atoms with Crippen LogP contribution in [0.5, 0.6) is 0 Å². The van der Waals surface area contributed by atoms with Gasteiger partial charge >= 0.3 is 88.7 Å². The summed E-state index contributed by atoms with van der Waals surface area (Å²) in [6.07, 6.45) is -0.932. The Labute approximate surface area is 254 Å². The van der Waals surface area contributed by atoms with Crippen LogP contribution in [0.4, 0.5) is 5.82 Å². The van der Waals surface area contributed by atoms with Gasteiger partial charge in [0.05, 0.1) is 27.4 Å². The third kappa shape index (κ3) is 8.93. The topological polar surface area (TPSA) is 230 Å². The number of ether oxygens (including phenoxy) is 2. The van der Waals surface area contributed by atoms with Crippen molar-refractivity contribution in [1.82, 2.24) is 19.5 Å². The summed E-state index contributed by atoms with van der Waals surface area (Å²) in [4.78, 5) is 44.4. The molecule has 1 aliphatic rings. The first-order valence-electron chi connectivity index (χ1n) is 8.20. The number of aliphatic hydroxyl groups is 1. The summed E-state index contributed by atoms with van der Waals surface area (Å²) in [5, 5.41) is 10.5. The van der Waals surface area contributed by atoms with Gasteiger partial charge < -0.3 is 44.1 Å². The Hall–Kier alpha value is 1.23. The Morgan fingerprint density at radius 2 is 1.91 bits per heavy atom. The second kappa shape index (κ2) is 14.2. The molecule has 0 bridgehead atoms. The van der Waals surface area contributed by atoms with Crippen LogP contribution in [0.3, 0.4) is 0 Å². The number of nitrogens with two attached hydrogens (primary N) is 1. The average molecular weight is 533 g/mol. The smallest absolute Gasteiger partial charge is 0.790 e. The van der Waals surface area contributed by atoms with Crippen LogP contribution in [0.2, 0.25) is 0 Å². The zero-order chi connectivity index (χ0) is 22.1. The molecule has 1 fully saturated rings. The van der Waals surface area contributed by atoms with Gasteiger partial charge in [0.2, 0.25) is 0 Å². The summed E-state index contributed by atoms with van der Waals surface area (Å²) in [5.74, 6) is 0.102. The Morgan fingerprint density at radius 3 is 2.52 bits per heavy atom. The van der Waals surface area contributed by atoms with Crippen LogP contribution in [-0.2, 0) is 27.4 Å². The van der Waals surface area contributed by atoms with E-state index in [4.69, 9.17) is 15.2 Å². The number of phosphoric acid groups is 2. The van der Waals surface area contributed by atoms with Crippen molar-refractivity contribution in [2.75, 3.05) is 18.9 Å². The fraction of sp³-hybridized carbons (Fsp3) is 0.462. The predicted octanol–water partition coefficient (Wildman–Crippen LogP) is -11.4. The van der Waals surface area contributed by atoms with E-state index in [1.807, 2.05) is 0 Å². The van der Waals surface area contributed by atoms with Gasteiger partial charge in [-0.25, -0.2) is 15.0 Å². The largest absolute Gasteiger partial charge is 1.00 e. The molecule has 0 spiro atoms. The van der Waals surface area contributed by atoms with Crippen LogP contribution in [0.1, 0.15) is 6.23 Å². The third-order valence-electron chi connectivity index (χ3n) is 3.98. The van der Waals surface area contributed by atoms with E-state index in [9.17, 15) is 28.9 Å². The summed E-state index contributed by atoms with van der Waals surface area (Å²) < 4.78 is 42.3. The predicted molar refractivity (Wildman–Crippen MR) is 91.8 cm³/mol. The molecule has 20 heteroatoms. The molecule has 15 nitrogen and oxygen atoms in total. The van der Waals surface area contributed by atoms with E-state index in [1.165, 1.54) is 23.3 Å². The fourth-order valence-corrected chi connectivity index (χ4v) is 4.30. The first-order chi connectivity index (χ1) is 14.0. The average Bonchev–Trinajstić information content (AvgIpc) is 3.18. The number of hydrogen-bond donors (Lipinski definition) is 2. The minimum Gasteiger partial charge on any atom is -0.790 e.